The van der Waals surface area contributed by atoms with Gasteiger partial charge in [0, 0.05) is 37.8 Å². The number of phenolic OH excluding ortho intramolecular Hbond substituents is 1. The van der Waals surface area contributed by atoms with Crippen molar-refractivity contribution in [2.24, 2.45) is 10.9 Å². The van der Waals surface area contributed by atoms with Crippen LogP contribution in [0.25, 0.3) is 0 Å². The Bertz CT molecular complexity index is 566. The maximum absolute atomic E-state index is 9.95. The lowest BCUT2D eigenvalue weighted by Crippen LogP contribution is -2.38. The molecule has 7 nitrogen and oxygen atoms in total. The van der Waals surface area contributed by atoms with Gasteiger partial charge in [-0.1, -0.05) is 0 Å². The van der Waals surface area contributed by atoms with Gasteiger partial charge in [0.25, 0.3) is 0 Å². The molecule has 1 aliphatic rings. The maximum Gasteiger partial charge on any atom is 0.191 e. The normalized spacial score (nSPS) is 16.7. The zero-order chi connectivity index (χ0) is 18.6. The first-order valence-electron chi connectivity index (χ1n) is 9.26. The molecule has 0 aromatic heterocycles. The second-order valence-electron chi connectivity index (χ2n) is 6.27. The van der Waals surface area contributed by atoms with E-state index in [-0.39, 0.29) is 29.7 Å². The van der Waals surface area contributed by atoms with Crippen molar-refractivity contribution in [2.45, 2.75) is 26.3 Å². The molecule has 0 bridgehead atoms. The Kier molecular flexibility index (Phi) is 12.2. The summed E-state index contributed by atoms with van der Waals surface area (Å²) >= 11 is 0. The van der Waals surface area contributed by atoms with Crippen LogP contribution in [0.3, 0.4) is 0 Å². The lowest BCUT2D eigenvalue weighted by molar-refractivity contribution is 0.0888. The maximum atomic E-state index is 9.95. The van der Waals surface area contributed by atoms with Gasteiger partial charge in [-0.15, -0.1) is 24.0 Å². The molecule has 1 fully saturated rings. The monoisotopic (exact) mass is 493 g/mol. The number of rotatable bonds is 10. The molecular weight excluding hydrogens is 461 g/mol. The molecule has 1 heterocycles. The molecule has 3 N–H and O–H groups in total. The predicted octanol–water partition coefficient (Wildman–Crippen LogP) is 2.52. The molecule has 1 saturated heterocycles. The van der Waals surface area contributed by atoms with E-state index < -0.39 is 0 Å². The Hall–Kier alpha value is -1.26. The minimum atomic E-state index is 0. The number of nitrogens with zero attached hydrogens (tertiary/aromatic N) is 1. The minimum absolute atomic E-state index is 0. The third-order valence-electron chi connectivity index (χ3n) is 4.17. The molecule has 27 heavy (non-hydrogen) atoms. The fourth-order valence-corrected chi connectivity index (χ4v) is 2.67. The van der Waals surface area contributed by atoms with Crippen molar-refractivity contribution in [2.75, 3.05) is 46.6 Å². The number of ether oxygens (including phenoxy) is 3. The summed E-state index contributed by atoms with van der Waals surface area (Å²) < 4.78 is 16.2. The molecular formula is C19H32IN3O4. The molecule has 1 aromatic rings. The molecule has 1 aromatic carbocycles. The van der Waals surface area contributed by atoms with Gasteiger partial charge in [0.1, 0.15) is 11.5 Å². The Labute approximate surface area is 178 Å². The summed E-state index contributed by atoms with van der Waals surface area (Å²) in [4.78, 5) is 4.52. The molecule has 1 atom stereocenters. The lowest BCUT2D eigenvalue weighted by atomic mass is 10.1. The van der Waals surface area contributed by atoms with Crippen LogP contribution < -0.4 is 15.4 Å². The molecule has 2 rings (SSSR count). The molecule has 0 radical (unpaired) electrons. The average molecular weight is 493 g/mol. The number of hydrogen-bond acceptors (Lipinski definition) is 5. The highest BCUT2D eigenvalue weighted by Crippen LogP contribution is 2.23. The third-order valence-corrected chi connectivity index (χ3v) is 4.17. The summed E-state index contributed by atoms with van der Waals surface area (Å²) in [6.45, 7) is 7.13. The minimum Gasteiger partial charge on any atom is -0.508 e. The van der Waals surface area contributed by atoms with Crippen molar-refractivity contribution in [1.29, 1.82) is 0 Å². The highest BCUT2D eigenvalue weighted by molar-refractivity contribution is 14.0. The van der Waals surface area contributed by atoms with Gasteiger partial charge in [0.05, 0.1) is 26.9 Å². The van der Waals surface area contributed by atoms with Gasteiger partial charge in [-0.25, -0.2) is 4.99 Å². The van der Waals surface area contributed by atoms with Crippen LogP contribution in [-0.2, 0) is 16.0 Å². The summed E-state index contributed by atoms with van der Waals surface area (Å²) in [5.41, 5.74) is 0.726. The van der Waals surface area contributed by atoms with Gasteiger partial charge < -0.3 is 30.0 Å². The quantitative estimate of drug-likeness (QED) is 0.201. The Morgan fingerprint density at radius 1 is 1.37 bits per heavy atom. The van der Waals surface area contributed by atoms with Gasteiger partial charge >= 0.3 is 0 Å². The van der Waals surface area contributed by atoms with Crippen LogP contribution in [0.1, 0.15) is 25.3 Å². The number of halogens is 1. The van der Waals surface area contributed by atoms with Crippen molar-refractivity contribution < 1.29 is 19.3 Å². The second kappa shape index (κ2) is 13.8. The second-order valence-corrected chi connectivity index (χ2v) is 6.27. The van der Waals surface area contributed by atoms with E-state index in [9.17, 15) is 5.11 Å². The first kappa shape index (κ1) is 23.8. The van der Waals surface area contributed by atoms with E-state index in [4.69, 9.17) is 14.2 Å². The van der Waals surface area contributed by atoms with E-state index in [1.54, 1.807) is 25.3 Å². The van der Waals surface area contributed by atoms with Crippen LogP contribution in [0.15, 0.2) is 23.2 Å². The Balaban J connectivity index is 0.00000364. The zero-order valence-corrected chi connectivity index (χ0v) is 18.5. The number of benzene rings is 1. The van der Waals surface area contributed by atoms with E-state index in [1.165, 1.54) is 0 Å². The van der Waals surface area contributed by atoms with Crippen molar-refractivity contribution >= 4 is 29.9 Å². The smallest absolute Gasteiger partial charge is 0.191 e. The summed E-state index contributed by atoms with van der Waals surface area (Å²) in [7, 11) is 1.60. The number of nitrogens with one attached hydrogen (secondary N) is 2. The van der Waals surface area contributed by atoms with Crippen LogP contribution >= 0.6 is 24.0 Å². The number of aliphatic imine (C=N–C) groups is 1. The average Bonchev–Trinajstić information content (AvgIpc) is 3.17. The first-order chi connectivity index (χ1) is 12.7. The highest BCUT2D eigenvalue weighted by Gasteiger charge is 2.15. The van der Waals surface area contributed by atoms with Crippen LogP contribution in [0.4, 0.5) is 0 Å². The number of aromatic hydroxyl groups is 1. The molecule has 0 aliphatic carbocycles. The fraction of sp³-hybridized carbons (Fsp3) is 0.632. The summed E-state index contributed by atoms with van der Waals surface area (Å²) in [6.07, 6.45) is 2.01. The molecule has 154 valence electrons. The molecule has 0 saturated carbocycles. The van der Waals surface area contributed by atoms with Gasteiger partial charge in [-0.2, -0.15) is 0 Å². The van der Waals surface area contributed by atoms with Crippen molar-refractivity contribution in [1.82, 2.24) is 10.6 Å². The zero-order valence-electron chi connectivity index (χ0n) is 16.2. The predicted molar refractivity (Wildman–Crippen MR) is 117 cm³/mol. The number of phenols is 1. The van der Waals surface area contributed by atoms with E-state index in [1.807, 2.05) is 6.92 Å². The van der Waals surface area contributed by atoms with Gasteiger partial charge in [0.2, 0.25) is 0 Å². The molecule has 1 aliphatic heterocycles. The largest absolute Gasteiger partial charge is 0.508 e. The van der Waals surface area contributed by atoms with E-state index in [0.29, 0.717) is 18.2 Å². The number of methoxy groups -OCH3 is 1. The molecule has 0 amide bonds. The van der Waals surface area contributed by atoms with E-state index in [0.717, 1.165) is 63.9 Å². The summed E-state index contributed by atoms with van der Waals surface area (Å²) in [6, 6.07) is 5.14. The standard InChI is InChI=1S/C19H31N3O4.HI/c1-3-20-19(21-8-4-9-25-13-15-7-10-26-14-15)22-12-16-11-17(24-2)5-6-18(16)23;/h5-6,11,15,23H,3-4,7-10,12-14H2,1-2H3,(H2,20,21,22);1H. The SMILES string of the molecule is CCNC(=NCc1cc(OC)ccc1O)NCCCOCC1CCOC1.I. The van der Waals surface area contributed by atoms with Gasteiger partial charge in [0.15, 0.2) is 5.96 Å². The van der Waals surface area contributed by atoms with Crippen LogP contribution in [-0.4, -0.2) is 57.7 Å². The van der Waals surface area contributed by atoms with E-state index >= 15 is 0 Å². The van der Waals surface area contributed by atoms with Gasteiger partial charge in [-0.05, 0) is 38.0 Å². The summed E-state index contributed by atoms with van der Waals surface area (Å²) in [5.74, 6) is 2.20. The number of guanidine groups is 1. The third kappa shape index (κ3) is 8.98. The van der Waals surface area contributed by atoms with Crippen LogP contribution in [0, 0.1) is 5.92 Å². The number of hydrogen-bond donors (Lipinski definition) is 3. The topological polar surface area (TPSA) is 84.3 Å². The molecule has 1 unspecified atom stereocenters. The summed E-state index contributed by atoms with van der Waals surface area (Å²) in [5, 5.41) is 16.4. The Morgan fingerprint density at radius 3 is 2.93 bits per heavy atom. The highest BCUT2D eigenvalue weighted by atomic mass is 127. The van der Waals surface area contributed by atoms with Crippen LogP contribution in [0.2, 0.25) is 0 Å². The fourth-order valence-electron chi connectivity index (χ4n) is 2.67. The lowest BCUT2D eigenvalue weighted by Gasteiger charge is -2.13. The molecule has 0 spiro atoms. The van der Waals surface area contributed by atoms with Crippen molar-refractivity contribution in [3.05, 3.63) is 23.8 Å². The van der Waals surface area contributed by atoms with Gasteiger partial charge in [-0.3, -0.25) is 0 Å². The Morgan fingerprint density at radius 2 is 2.22 bits per heavy atom. The van der Waals surface area contributed by atoms with E-state index in [2.05, 4.69) is 15.6 Å². The molecule has 8 heteroatoms. The van der Waals surface area contributed by atoms with Crippen molar-refractivity contribution in [3.8, 4) is 11.5 Å². The van der Waals surface area contributed by atoms with Crippen LogP contribution in [0.5, 0.6) is 11.5 Å². The van der Waals surface area contributed by atoms with Crippen molar-refractivity contribution in [3.63, 3.8) is 0 Å². The first-order valence-corrected chi connectivity index (χ1v) is 9.26.